The first-order valence-corrected chi connectivity index (χ1v) is 6.88. The summed E-state index contributed by atoms with van der Waals surface area (Å²) < 4.78 is 5.10. The van der Waals surface area contributed by atoms with Crippen LogP contribution in [0.25, 0.3) is 0 Å². The van der Waals surface area contributed by atoms with E-state index in [1.807, 2.05) is 11.8 Å². The minimum absolute atomic E-state index is 0.0842. The molecule has 17 heavy (non-hydrogen) atoms. The third-order valence-corrected chi connectivity index (χ3v) is 3.80. The highest BCUT2D eigenvalue weighted by atomic mass is 32.2. The lowest BCUT2D eigenvalue weighted by Gasteiger charge is -2.29. The zero-order valence-electron chi connectivity index (χ0n) is 10.6. The van der Waals surface area contributed by atoms with Crippen LogP contribution in [0.15, 0.2) is 0 Å². The van der Waals surface area contributed by atoms with Gasteiger partial charge in [-0.05, 0) is 13.8 Å². The number of ketones is 1. The SMILES string of the molecule is CO[C@H](C)[C@H](NC(=O)N1CCSCC1)C(C)=O. The molecule has 1 N–H and O–H groups in total. The fourth-order valence-corrected chi connectivity index (χ4v) is 2.58. The number of hydrogen-bond donors (Lipinski definition) is 1. The van der Waals surface area contributed by atoms with Crippen molar-refractivity contribution in [2.24, 2.45) is 0 Å². The van der Waals surface area contributed by atoms with Crippen LogP contribution in [0.3, 0.4) is 0 Å². The van der Waals surface area contributed by atoms with Gasteiger partial charge in [-0.1, -0.05) is 0 Å². The third-order valence-electron chi connectivity index (χ3n) is 2.86. The Balaban J connectivity index is 2.53. The summed E-state index contributed by atoms with van der Waals surface area (Å²) in [6.45, 7) is 4.72. The first kappa shape index (κ1) is 14.3. The van der Waals surface area contributed by atoms with Gasteiger partial charge in [0.2, 0.25) is 0 Å². The summed E-state index contributed by atoms with van der Waals surface area (Å²) in [5.74, 6) is 1.83. The zero-order chi connectivity index (χ0) is 12.8. The second-order valence-electron chi connectivity index (χ2n) is 4.08. The molecule has 1 aliphatic rings. The summed E-state index contributed by atoms with van der Waals surface area (Å²) >= 11 is 1.84. The Labute approximate surface area is 106 Å². The maximum atomic E-state index is 11.9. The van der Waals surface area contributed by atoms with E-state index in [0.29, 0.717) is 0 Å². The fourth-order valence-electron chi connectivity index (χ4n) is 1.68. The largest absolute Gasteiger partial charge is 0.379 e. The maximum absolute atomic E-state index is 11.9. The molecule has 0 spiro atoms. The van der Waals surface area contributed by atoms with E-state index in [9.17, 15) is 9.59 Å². The van der Waals surface area contributed by atoms with E-state index in [4.69, 9.17) is 4.74 Å². The number of ether oxygens (including phenoxy) is 1. The molecule has 1 saturated heterocycles. The number of thioether (sulfide) groups is 1. The van der Waals surface area contributed by atoms with E-state index in [1.54, 1.807) is 11.8 Å². The van der Waals surface area contributed by atoms with E-state index < -0.39 is 6.04 Å². The molecule has 1 fully saturated rings. The lowest BCUT2D eigenvalue weighted by atomic mass is 10.1. The van der Waals surface area contributed by atoms with Gasteiger partial charge in [0.15, 0.2) is 5.78 Å². The van der Waals surface area contributed by atoms with E-state index in [0.717, 1.165) is 24.6 Å². The van der Waals surface area contributed by atoms with Crippen LogP contribution in [0, 0.1) is 0 Å². The highest BCUT2D eigenvalue weighted by Crippen LogP contribution is 2.09. The smallest absolute Gasteiger partial charge is 0.318 e. The molecule has 1 heterocycles. The number of carbonyl (C=O) groups is 2. The molecule has 2 atom stereocenters. The molecule has 1 rings (SSSR count). The van der Waals surface area contributed by atoms with Gasteiger partial charge in [-0.2, -0.15) is 11.8 Å². The van der Waals surface area contributed by atoms with Crippen LogP contribution in [-0.4, -0.2) is 60.6 Å². The highest BCUT2D eigenvalue weighted by molar-refractivity contribution is 7.99. The van der Waals surface area contributed by atoms with Gasteiger partial charge in [0.1, 0.15) is 6.04 Å². The summed E-state index contributed by atoms with van der Waals surface area (Å²) in [7, 11) is 1.53. The zero-order valence-corrected chi connectivity index (χ0v) is 11.4. The van der Waals surface area contributed by atoms with Crippen molar-refractivity contribution in [1.29, 1.82) is 0 Å². The third kappa shape index (κ3) is 4.20. The molecule has 98 valence electrons. The Bertz CT molecular complexity index is 280. The van der Waals surface area contributed by atoms with Crippen LogP contribution in [-0.2, 0) is 9.53 Å². The van der Waals surface area contributed by atoms with Gasteiger partial charge >= 0.3 is 6.03 Å². The second-order valence-corrected chi connectivity index (χ2v) is 5.30. The predicted octanol–water partition coefficient (Wildman–Crippen LogP) is 0.737. The van der Waals surface area contributed by atoms with Crippen LogP contribution in [0.4, 0.5) is 4.79 Å². The molecular formula is C11H20N2O3S. The van der Waals surface area contributed by atoms with E-state index in [1.165, 1.54) is 14.0 Å². The van der Waals surface area contributed by atoms with E-state index in [2.05, 4.69) is 5.32 Å². The minimum atomic E-state index is -0.568. The van der Waals surface area contributed by atoms with Gasteiger partial charge in [-0.3, -0.25) is 4.79 Å². The van der Waals surface area contributed by atoms with Crippen molar-refractivity contribution in [2.75, 3.05) is 31.7 Å². The molecule has 5 nitrogen and oxygen atoms in total. The predicted molar refractivity (Wildman–Crippen MR) is 68.4 cm³/mol. The summed E-state index contributed by atoms with van der Waals surface area (Å²) in [5.41, 5.74) is 0. The maximum Gasteiger partial charge on any atom is 0.318 e. The summed E-state index contributed by atoms with van der Waals surface area (Å²) in [4.78, 5) is 25.1. The van der Waals surface area contributed by atoms with Crippen molar-refractivity contribution < 1.29 is 14.3 Å². The van der Waals surface area contributed by atoms with Gasteiger partial charge in [0.25, 0.3) is 0 Å². The van der Waals surface area contributed by atoms with Crippen molar-refractivity contribution in [3.8, 4) is 0 Å². The van der Waals surface area contributed by atoms with Crippen LogP contribution >= 0.6 is 11.8 Å². The molecule has 0 aromatic carbocycles. The Morgan fingerprint density at radius 1 is 1.35 bits per heavy atom. The quantitative estimate of drug-likeness (QED) is 0.810. The average molecular weight is 260 g/mol. The van der Waals surface area contributed by atoms with Crippen molar-refractivity contribution in [3.63, 3.8) is 0 Å². The van der Waals surface area contributed by atoms with Gasteiger partial charge in [-0.15, -0.1) is 0 Å². The van der Waals surface area contributed by atoms with E-state index >= 15 is 0 Å². The first-order valence-electron chi connectivity index (χ1n) is 5.72. The molecular weight excluding hydrogens is 240 g/mol. The van der Waals surface area contributed by atoms with Gasteiger partial charge < -0.3 is 15.0 Å². The lowest BCUT2D eigenvalue weighted by Crippen LogP contribution is -2.53. The molecule has 0 bridgehead atoms. The van der Waals surface area contributed by atoms with Crippen molar-refractivity contribution in [3.05, 3.63) is 0 Å². The van der Waals surface area contributed by atoms with Crippen LogP contribution < -0.4 is 5.32 Å². The normalized spacial score (nSPS) is 19.6. The second kappa shape index (κ2) is 6.86. The van der Waals surface area contributed by atoms with E-state index in [-0.39, 0.29) is 17.9 Å². The number of urea groups is 1. The van der Waals surface area contributed by atoms with Gasteiger partial charge in [-0.25, -0.2) is 4.79 Å². The molecule has 0 aromatic heterocycles. The topological polar surface area (TPSA) is 58.6 Å². The van der Waals surface area contributed by atoms with Crippen molar-refractivity contribution >= 4 is 23.6 Å². The Kier molecular flexibility index (Phi) is 5.77. The number of nitrogens with zero attached hydrogens (tertiary/aromatic N) is 1. The number of amides is 2. The van der Waals surface area contributed by atoms with Crippen LogP contribution in [0.5, 0.6) is 0 Å². The number of Topliss-reactive ketones (excluding diaryl/α,β-unsaturated/α-hetero) is 1. The Morgan fingerprint density at radius 2 is 1.94 bits per heavy atom. The number of nitrogens with one attached hydrogen (secondary N) is 1. The number of rotatable bonds is 4. The lowest BCUT2D eigenvalue weighted by molar-refractivity contribution is -0.121. The first-order chi connectivity index (χ1) is 8.06. The molecule has 0 radical (unpaired) electrons. The number of carbonyl (C=O) groups excluding carboxylic acids is 2. The van der Waals surface area contributed by atoms with Crippen LogP contribution in [0.2, 0.25) is 0 Å². The molecule has 0 saturated carbocycles. The highest BCUT2D eigenvalue weighted by Gasteiger charge is 2.26. The monoisotopic (exact) mass is 260 g/mol. The van der Waals surface area contributed by atoms with Crippen molar-refractivity contribution in [1.82, 2.24) is 10.2 Å². The summed E-state index contributed by atoms with van der Waals surface area (Å²) in [6, 6.07) is -0.739. The molecule has 6 heteroatoms. The Morgan fingerprint density at radius 3 is 2.41 bits per heavy atom. The summed E-state index contributed by atoms with van der Waals surface area (Å²) in [5, 5.41) is 2.74. The molecule has 2 amide bonds. The number of hydrogen-bond acceptors (Lipinski definition) is 4. The fraction of sp³-hybridized carbons (Fsp3) is 0.818. The molecule has 0 unspecified atom stereocenters. The van der Waals surface area contributed by atoms with Crippen molar-refractivity contribution in [2.45, 2.75) is 26.0 Å². The van der Waals surface area contributed by atoms with Gasteiger partial charge in [0, 0.05) is 31.7 Å². The van der Waals surface area contributed by atoms with Gasteiger partial charge in [0.05, 0.1) is 6.10 Å². The molecule has 0 aliphatic carbocycles. The minimum Gasteiger partial charge on any atom is -0.379 e. The molecule has 1 aliphatic heterocycles. The Hall–Kier alpha value is -0.750. The molecule has 0 aromatic rings. The number of methoxy groups -OCH3 is 1. The summed E-state index contributed by atoms with van der Waals surface area (Å²) in [6.07, 6.45) is -0.310. The van der Waals surface area contributed by atoms with Crippen LogP contribution in [0.1, 0.15) is 13.8 Å². The standard InChI is InChI=1S/C11H20N2O3S/c1-8(14)10(9(2)16-3)12-11(15)13-4-6-17-7-5-13/h9-10H,4-7H2,1-3H3,(H,12,15)/t9-,10-/m1/s1. The average Bonchev–Trinajstić information content (AvgIpc) is 2.35.